The molecule has 1 fully saturated rings. The average molecular weight is 307 g/mol. The second kappa shape index (κ2) is 6.53. The smallest absolute Gasteiger partial charge is 0.214 e. The normalized spacial score (nSPS) is 15.7. The summed E-state index contributed by atoms with van der Waals surface area (Å²) in [5, 5.41) is 15.7. The summed E-state index contributed by atoms with van der Waals surface area (Å²) in [5.41, 5.74) is 0.917. The maximum atomic E-state index is 13.7. The summed E-state index contributed by atoms with van der Waals surface area (Å²) < 4.78 is 15.6. The van der Waals surface area contributed by atoms with Crippen LogP contribution in [-0.4, -0.2) is 27.3 Å². The molecule has 0 saturated heterocycles. The Morgan fingerprint density at radius 2 is 2.14 bits per heavy atom. The van der Waals surface area contributed by atoms with Gasteiger partial charge in [-0.1, -0.05) is 12.8 Å². The molecule has 1 aliphatic carbocycles. The molecule has 0 unspecified atom stereocenters. The fourth-order valence-corrected chi connectivity index (χ4v) is 3.67. The third kappa shape index (κ3) is 3.41. The van der Waals surface area contributed by atoms with Crippen LogP contribution in [0.2, 0.25) is 0 Å². The second-order valence-corrected chi connectivity index (χ2v) is 6.31. The van der Waals surface area contributed by atoms with Crippen LogP contribution in [-0.2, 0) is 6.54 Å². The van der Waals surface area contributed by atoms with E-state index in [1.165, 1.54) is 30.7 Å². The number of aromatic nitrogens is 4. The van der Waals surface area contributed by atoms with Gasteiger partial charge in [-0.3, -0.25) is 0 Å². The first-order valence-electron chi connectivity index (χ1n) is 7.16. The molecule has 1 aromatic carbocycles. The van der Waals surface area contributed by atoms with Gasteiger partial charge in [-0.2, -0.15) is 0 Å². The minimum Gasteiger partial charge on any atom is -0.316 e. The molecule has 0 atom stereocenters. The predicted octanol–water partition coefficient (Wildman–Crippen LogP) is 2.80. The number of nitrogens with zero attached hydrogens (tertiary/aromatic N) is 4. The van der Waals surface area contributed by atoms with E-state index >= 15 is 0 Å². The lowest BCUT2D eigenvalue weighted by atomic mass is 10.2. The molecule has 1 N–H and O–H groups in total. The fourth-order valence-electron chi connectivity index (χ4n) is 2.72. The van der Waals surface area contributed by atoms with Crippen molar-refractivity contribution in [3.05, 3.63) is 29.6 Å². The Kier molecular flexibility index (Phi) is 4.50. The fraction of sp³-hybridized carbons (Fsp3) is 0.500. The van der Waals surface area contributed by atoms with Gasteiger partial charge in [0, 0.05) is 11.4 Å². The van der Waals surface area contributed by atoms with E-state index < -0.39 is 0 Å². The van der Waals surface area contributed by atoms with Crippen LogP contribution in [0.5, 0.6) is 0 Å². The van der Waals surface area contributed by atoms with E-state index in [-0.39, 0.29) is 5.82 Å². The van der Waals surface area contributed by atoms with Crippen molar-refractivity contribution in [2.24, 2.45) is 0 Å². The molecule has 112 valence electrons. The molecule has 2 aromatic rings. The summed E-state index contributed by atoms with van der Waals surface area (Å²) in [6, 6.07) is 5.42. The molecular formula is C14H18FN5S. The predicted molar refractivity (Wildman–Crippen MR) is 78.6 cm³/mol. The zero-order valence-electron chi connectivity index (χ0n) is 11.9. The number of rotatable bonds is 5. The minimum absolute atomic E-state index is 0.231. The molecule has 1 aromatic heterocycles. The highest BCUT2D eigenvalue weighted by atomic mass is 32.2. The number of benzene rings is 1. The van der Waals surface area contributed by atoms with Crippen molar-refractivity contribution >= 4 is 11.8 Å². The molecule has 1 heterocycles. The van der Waals surface area contributed by atoms with E-state index in [0.29, 0.717) is 12.6 Å². The molecule has 1 saturated carbocycles. The summed E-state index contributed by atoms with van der Waals surface area (Å²) in [4.78, 5) is 0.828. The molecule has 0 radical (unpaired) electrons. The van der Waals surface area contributed by atoms with E-state index in [1.54, 1.807) is 6.07 Å². The van der Waals surface area contributed by atoms with Gasteiger partial charge in [0.05, 0.1) is 6.04 Å². The highest BCUT2D eigenvalue weighted by Gasteiger charge is 2.22. The number of nitrogens with one attached hydrogen (secondary N) is 1. The molecule has 21 heavy (non-hydrogen) atoms. The topological polar surface area (TPSA) is 55.6 Å². The molecule has 7 heteroatoms. The van der Waals surface area contributed by atoms with Gasteiger partial charge in [0.15, 0.2) is 0 Å². The monoisotopic (exact) mass is 307 g/mol. The Morgan fingerprint density at radius 3 is 2.90 bits per heavy atom. The Bertz CT molecular complexity index is 609. The lowest BCUT2D eigenvalue weighted by molar-refractivity contribution is 0.423. The molecule has 0 aliphatic heterocycles. The summed E-state index contributed by atoms with van der Waals surface area (Å²) >= 11 is 1.42. The van der Waals surface area contributed by atoms with Crippen molar-refractivity contribution < 1.29 is 4.39 Å². The second-order valence-electron chi connectivity index (χ2n) is 5.27. The lowest BCUT2D eigenvalue weighted by Gasteiger charge is -2.11. The van der Waals surface area contributed by atoms with Gasteiger partial charge < -0.3 is 5.32 Å². The Labute approximate surface area is 127 Å². The highest BCUT2D eigenvalue weighted by Crippen LogP contribution is 2.34. The van der Waals surface area contributed by atoms with Gasteiger partial charge in [-0.05, 0) is 65.8 Å². The SMILES string of the molecule is CNCc1cc(F)cc(Sc2nnnn2C2CCCC2)c1. The summed E-state index contributed by atoms with van der Waals surface area (Å²) in [6.45, 7) is 0.638. The van der Waals surface area contributed by atoms with Crippen molar-refractivity contribution in [1.82, 2.24) is 25.5 Å². The van der Waals surface area contributed by atoms with Crippen molar-refractivity contribution in [2.75, 3.05) is 7.05 Å². The lowest BCUT2D eigenvalue weighted by Crippen LogP contribution is -2.08. The van der Waals surface area contributed by atoms with Crippen LogP contribution in [0.1, 0.15) is 37.3 Å². The Balaban J connectivity index is 1.82. The van der Waals surface area contributed by atoms with Gasteiger partial charge in [-0.25, -0.2) is 9.07 Å². The summed E-state index contributed by atoms with van der Waals surface area (Å²) in [6.07, 6.45) is 4.68. The Hall–Kier alpha value is -1.47. The maximum absolute atomic E-state index is 13.7. The van der Waals surface area contributed by atoms with Crippen LogP contribution in [0.15, 0.2) is 28.3 Å². The summed E-state index contributed by atoms with van der Waals surface area (Å²) in [7, 11) is 1.85. The van der Waals surface area contributed by atoms with Crippen LogP contribution in [0.4, 0.5) is 4.39 Å². The number of hydrogen-bond acceptors (Lipinski definition) is 5. The largest absolute Gasteiger partial charge is 0.316 e. The number of tetrazole rings is 1. The molecule has 0 spiro atoms. The third-order valence-corrected chi connectivity index (χ3v) is 4.58. The first-order chi connectivity index (χ1) is 10.3. The van der Waals surface area contributed by atoms with Crippen molar-refractivity contribution in [1.29, 1.82) is 0 Å². The van der Waals surface area contributed by atoms with Crippen LogP contribution in [0, 0.1) is 5.82 Å². The third-order valence-electron chi connectivity index (χ3n) is 3.65. The van der Waals surface area contributed by atoms with E-state index in [4.69, 9.17) is 0 Å². The van der Waals surface area contributed by atoms with Crippen molar-refractivity contribution in [3.8, 4) is 0 Å². The average Bonchev–Trinajstić information content (AvgIpc) is 3.08. The molecular weight excluding hydrogens is 289 g/mol. The van der Waals surface area contributed by atoms with Crippen molar-refractivity contribution in [3.63, 3.8) is 0 Å². The van der Waals surface area contributed by atoms with E-state index in [0.717, 1.165) is 28.5 Å². The van der Waals surface area contributed by atoms with Gasteiger partial charge in [0.2, 0.25) is 5.16 Å². The number of halogens is 1. The first kappa shape index (κ1) is 14.5. The van der Waals surface area contributed by atoms with Gasteiger partial charge >= 0.3 is 0 Å². The van der Waals surface area contributed by atoms with Crippen LogP contribution in [0.3, 0.4) is 0 Å². The molecule has 0 amide bonds. The van der Waals surface area contributed by atoms with Gasteiger partial charge in [-0.15, -0.1) is 5.10 Å². The van der Waals surface area contributed by atoms with Crippen LogP contribution < -0.4 is 5.32 Å². The number of hydrogen-bond donors (Lipinski definition) is 1. The maximum Gasteiger partial charge on any atom is 0.214 e. The van der Waals surface area contributed by atoms with Gasteiger partial charge in [0.25, 0.3) is 0 Å². The Morgan fingerprint density at radius 1 is 1.33 bits per heavy atom. The molecule has 0 bridgehead atoms. The van der Waals surface area contributed by atoms with Gasteiger partial charge in [0.1, 0.15) is 5.82 Å². The molecule has 3 rings (SSSR count). The molecule has 5 nitrogen and oxygen atoms in total. The minimum atomic E-state index is -0.231. The van der Waals surface area contributed by atoms with E-state index in [1.807, 2.05) is 17.8 Å². The zero-order valence-corrected chi connectivity index (χ0v) is 12.7. The standard InChI is InChI=1S/C14H18FN5S/c1-16-9-10-6-11(15)8-13(7-10)21-14-17-18-19-20(14)12-4-2-3-5-12/h6-8,12,16H,2-5,9H2,1H3. The van der Waals surface area contributed by atoms with Crippen LogP contribution in [0.25, 0.3) is 0 Å². The molecule has 1 aliphatic rings. The highest BCUT2D eigenvalue weighted by molar-refractivity contribution is 7.99. The van der Waals surface area contributed by atoms with E-state index in [2.05, 4.69) is 20.8 Å². The quantitative estimate of drug-likeness (QED) is 0.920. The van der Waals surface area contributed by atoms with Crippen molar-refractivity contribution in [2.45, 2.75) is 48.3 Å². The summed E-state index contributed by atoms with van der Waals surface area (Å²) in [5.74, 6) is -0.231. The first-order valence-corrected chi connectivity index (χ1v) is 7.97. The van der Waals surface area contributed by atoms with Crippen LogP contribution >= 0.6 is 11.8 Å². The van der Waals surface area contributed by atoms with E-state index in [9.17, 15) is 4.39 Å². The zero-order chi connectivity index (χ0) is 14.7.